The molecule has 4 rings (SSSR count). The van der Waals surface area contributed by atoms with Crippen molar-refractivity contribution < 1.29 is 28.4 Å². The SMILES string of the molecule is O=Cc1ccc(-c2cccc3c2C(=O)N(C2CCC(=O)NC2=O)C3=O)o1. The van der Waals surface area contributed by atoms with Gasteiger partial charge >= 0.3 is 0 Å². The van der Waals surface area contributed by atoms with Crippen LogP contribution in [0, 0.1) is 0 Å². The van der Waals surface area contributed by atoms with Crippen LogP contribution in [-0.2, 0) is 9.59 Å². The zero-order chi connectivity index (χ0) is 18.4. The smallest absolute Gasteiger partial charge is 0.263 e. The molecule has 26 heavy (non-hydrogen) atoms. The van der Waals surface area contributed by atoms with Crippen LogP contribution < -0.4 is 5.32 Å². The van der Waals surface area contributed by atoms with E-state index in [1.807, 2.05) is 0 Å². The van der Waals surface area contributed by atoms with Crippen molar-refractivity contribution in [2.24, 2.45) is 0 Å². The van der Waals surface area contributed by atoms with Crippen LogP contribution >= 0.6 is 0 Å². The third kappa shape index (κ3) is 2.26. The van der Waals surface area contributed by atoms with Crippen LogP contribution in [0.5, 0.6) is 0 Å². The number of hydrogen-bond acceptors (Lipinski definition) is 6. The van der Waals surface area contributed by atoms with Gasteiger partial charge in [-0.3, -0.25) is 34.2 Å². The lowest BCUT2D eigenvalue weighted by Crippen LogP contribution is -2.54. The minimum absolute atomic E-state index is 0.0531. The van der Waals surface area contributed by atoms with Crippen LogP contribution in [0.15, 0.2) is 34.7 Å². The number of nitrogens with one attached hydrogen (secondary N) is 1. The fourth-order valence-corrected chi connectivity index (χ4v) is 3.28. The van der Waals surface area contributed by atoms with Crippen molar-refractivity contribution in [3.8, 4) is 11.3 Å². The molecule has 0 saturated carbocycles. The van der Waals surface area contributed by atoms with Gasteiger partial charge in [0.1, 0.15) is 11.8 Å². The summed E-state index contributed by atoms with van der Waals surface area (Å²) in [6.45, 7) is 0. The highest BCUT2D eigenvalue weighted by atomic mass is 16.3. The van der Waals surface area contributed by atoms with E-state index in [-0.39, 0.29) is 35.5 Å². The molecule has 1 aromatic heterocycles. The average Bonchev–Trinajstić information content (AvgIpc) is 3.20. The Morgan fingerprint density at radius 2 is 1.81 bits per heavy atom. The molecular weight excluding hydrogens is 340 g/mol. The van der Waals surface area contributed by atoms with E-state index in [0.29, 0.717) is 11.8 Å². The summed E-state index contributed by atoms with van der Waals surface area (Å²) in [7, 11) is 0. The lowest BCUT2D eigenvalue weighted by molar-refractivity contribution is -0.136. The van der Waals surface area contributed by atoms with Crippen molar-refractivity contribution in [2.75, 3.05) is 0 Å². The Labute approximate surface area is 146 Å². The second-order valence-electron chi connectivity index (χ2n) is 6.00. The highest BCUT2D eigenvalue weighted by molar-refractivity contribution is 6.25. The number of amides is 4. The van der Waals surface area contributed by atoms with Gasteiger partial charge in [0.05, 0.1) is 11.1 Å². The lowest BCUT2D eigenvalue weighted by atomic mass is 10.0. The fourth-order valence-electron chi connectivity index (χ4n) is 3.28. The van der Waals surface area contributed by atoms with E-state index in [9.17, 15) is 24.0 Å². The van der Waals surface area contributed by atoms with Crippen LogP contribution in [0.3, 0.4) is 0 Å². The van der Waals surface area contributed by atoms with Crippen molar-refractivity contribution >= 4 is 29.9 Å². The molecule has 0 bridgehead atoms. The number of benzene rings is 1. The molecule has 0 spiro atoms. The van der Waals surface area contributed by atoms with Crippen molar-refractivity contribution in [2.45, 2.75) is 18.9 Å². The molecule has 4 amide bonds. The lowest BCUT2D eigenvalue weighted by Gasteiger charge is -2.27. The molecule has 8 nitrogen and oxygen atoms in total. The fraction of sp³-hybridized carbons (Fsp3) is 0.167. The van der Waals surface area contributed by atoms with Crippen LogP contribution in [0.1, 0.15) is 44.1 Å². The highest BCUT2D eigenvalue weighted by Crippen LogP contribution is 2.35. The summed E-state index contributed by atoms with van der Waals surface area (Å²) in [5.74, 6) is -1.95. The minimum atomic E-state index is -1.03. The van der Waals surface area contributed by atoms with E-state index >= 15 is 0 Å². The molecule has 2 aliphatic heterocycles. The number of imide groups is 2. The van der Waals surface area contributed by atoms with E-state index in [1.165, 1.54) is 18.2 Å². The maximum atomic E-state index is 12.9. The van der Waals surface area contributed by atoms with E-state index in [0.717, 1.165) is 4.90 Å². The minimum Gasteiger partial charge on any atom is -0.453 e. The van der Waals surface area contributed by atoms with Gasteiger partial charge in [-0.2, -0.15) is 0 Å². The maximum absolute atomic E-state index is 12.9. The van der Waals surface area contributed by atoms with Crippen molar-refractivity contribution in [3.05, 3.63) is 47.2 Å². The van der Waals surface area contributed by atoms with Gasteiger partial charge in [0.25, 0.3) is 11.8 Å². The van der Waals surface area contributed by atoms with Gasteiger partial charge in [-0.05, 0) is 24.6 Å². The van der Waals surface area contributed by atoms with Gasteiger partial charge in [-0.1, -0.05) is 12.1 Å². The number of hydrogen-bond donors (Lipinski definition) is 1. The molecule has 2 aromatic rings. The first-order valence-electron chi connectivity index (χ1n) is 7.91. The number of carbonyl (C=O) groups is 5. The molecule has 1 N–H and O–H groups in total. The topological polar surface area (TPSA) is 114 Å². The van der Waals surface area contributed by atoms with Crippen LogP contribution in [0.2, 0.25) is 0 Å². The van der Waals surface area contributed by atoms with Crippen molar-refractivity contribution in [1.29, 1.82) is 0 Å². The van der Waals surface area contributed by atoms with Gasteiger partial charge in [0.15, 0.2) is 12.0 Å². The Bertz CT molecular complexity index is 989. The standard InChI is InChI=1S/C18H12N2O6/c21-8-9-4-6-13(26-9)10-2-1-3-11-15(10)18(25)20(17(11)24)12-5-7-14(22)19-16(12)23/h1-4,6,8,12H,5,7H2,(H,19,22,23). The zero-order valence-electron chi connectivity index (χ0n) is 13.4. The summed E-state index contributed by atoms with van der Waals surface area (Å²) in [5, 5.41) is 2.15. The molecule has 0 radical (unpaired) electrons. The molecule has 0 aliphatic carbocycles. The number of furan rings is 1. The second-order valence-corrected chi connectivity index (χ2v) is 6.00. The largest absolute Gasteiger partial charge is 0.453 e. The van der Waals surface area contributed by atoms with Gasteiger partial charge < -0.3 is 4.42 Å². The molecule has 8 heteroatoms. The summed E-state index contributed by atoms with van der Waals surface area (Å²) in [4.78, 5) is 60.8. The highest BCUT2D eigenvalue weighted by Gasteiger charge is 2.45. The maximum Gasteiger partial charge on any atom is 0.263 e. The molecule has 1 unspecified atom stereocenters. The first-order chi connectivity index (χ1) is 12.5. The van der Waals surface area contributed by atoms with Gasteiger partial charge in [-0.15, -0.1) is 0 Å². The summed E-state index contributed by atoms with van der Waals surface area (Å²) < 4.78 is 5.37. The quantitative estimate of drug-likeness (QED) is 0.655. The summed E-state index contributed by atoms with van der Waals surface area (Å²) >= 11 is 0. The normalized spacial score (nSPS) is 19.5. The molecule has 1 saturated heterocycles. The van der Waals surface area contributed by atoms with E-state index in [4.69, 9.17) is 4.42 Å². The third-order valence-electron chi connectivity index (χ3n) is 4.48. The molecule has 1 fully saturated rings. The van der Waals surface area contributed by atoms with Crippen molar-refractivity contribution in [3.63, 3.8) is 0 Å². The van der Waals surface area contributed by atoms with Gasteiger partial charge in [0.2, 0.25) is 11.8 Å². The summed E-state index contributed by atoms with van der Waals surface area (Å²) in [6.07, 6.45) is 0.675. The Hall–Kier alpha value is -3.55. The van der Waals surface area contributed by atoms with E-state index < -0.39 is 29.7 Å². The molecule has 130 valence electrons. The van der Waals surface area contributed by atoms with E-state index in [1.54, 1.807) is 12.1 Å². The molecular formula is C18H12N2O6. The van der Waals surface area contributed by atoms with Gasteiger partial charge in [-0.25, -0.2) is 0 Å². The van der Waals surface area contributed by atoms with E-state index in [2.05, 4.69) is 5.32 Å². The predicted octanol–water partition coefficient (Wildman–Crippen LogP) is 1.16. The average molecular weight is 352 g/mol. The molecule has 3 heterocycles. The van der Waals surface area contributed by atoms with Crippen LogP contribution in [-0.4, -0.2) is 40.9 Å². The first-order valence-corrected chi connectivity index (χ1v) is 7.91. The number of fused-ring (bicyclic) bond motifs is 1. The molecule has 1 atom stereocenters. The Kier molecular flexibility index (Phi) is 3.54. The number of nitrogens with zero attached hydrogens (tertiary/aromatic N) is 1. The number of rotatable bonds is 3. The molecule has 2 aliphatic rings. The summed E-state index contributed by atoms with van der Waals surface area (Å²) in [6, 6.07) is 6.65. The molecule has 1 aromatic carbocycles. The zero-order valence-corrected chi connectivity index (χ0v) is 13.4. The van der Waals surface area contributed by atoms with Crippen LogP contribution in [0.25, 0.3) is 11.3 Å². The second kappa shape index (κ2) is 5.76. The first kappa shape index (κ1) is 15.9. The number of aldehydes is 1. The van der Waals surface area contributed by atoms with Gasteiger partial charge in [0, 0.05) is 12.0 Å². The monoisotopic (exact) mass is 352 g/mol. The third-order valence-corrected chi connectivity index (χ3v) is 4.48. The predicted molar refractivity (Wildman–Crippen MR) is 86.2 cm³/mol. The van der Waals surface area contributed by atoms with Crippen LogP contribution in [0.4, 0.5) is 0 Å². The Morgan fingerprint density at radius 1 is 1.04 bits per heavy atom. The summed E-state index contributed by atoms with van der Waals surface area (Å²) in [5.41, 5.74) is 0.638. The Morgan fingerprint density at radius 3 is 2.50 bits per heavy atom. The number of piperidine rings is 1. The van der Waals surface area contributed by atoms with Crippen molar-refractivity contribution in [1.82, 2.24) is 10.2 Å². The Balaban J connectivity index is 1.77. The number of carbonyl (C=O) groups excluding carboxylic acids is 5.